The lowest BCUT2D eigenvalue weighted by molar-refractivity contribution is -0.00457. The van der Waals surface area contributed by atoms with Crippen LogP contribution in [0.4, 0.5) is 5.82 Å². The summed E-state index contributed by atoms with van der Waals surface area (Å²) in [6.07, 6.45) is 4.02. The number of ether oxygens (including phenoxy) is 1. The van der Waals surface area contributed by atoms with Crippen LogP contribution in [-0.2, 0) is 4.74 Å². The van der Waals surface area contributed by atoms with E-state index in [1.807, 2.05) is 6.26 Å². The summed E-state index contributed by atoms with van der Waals surface area (Å²) < 4.78 is 7.66. The first-order valence-corrected chi connectivity index (χ1v) is 7.93. The fourth-order valence-corrected chi connectivity index (χ4v) is 3.14. The zero-order chi connectivity index (χ0) is 14.1. The largest absolute Gasteiger partial charge is 0.390 e. The van der Waals surface area contributed by atoms with Crippen molar-refractivity contribution < 1.29 is 14.9 Å². The molecule has 4 atom stereocenters. The maximum absolute atomic E-state index is 10.0. The van der Waals surface area contributed by atoms with Crippen LogP contribution in [0.2, 0.25) is 0 Å². The average Bonchev–Trinajstić information content (AvgIpc) is 2.94. The Morgan fingerprint density at radius 2 is 2.40 bits per heavy atom. The zero-order valence-corrected chi connectivity index (χ0v) is 12.0. The third-order valence-electron chi connectivity index (χ3n) is 3.55. The van der Waals surface area contributed by atoms with Crippen LogP contribution in [-0.4, -0.2) is 56.9 Å². The van der Waals surface area contributed by atoms with E-state index < -0.39 is 12.2 Å². The lowest BCUT2D eigenvalue weighted by atomic mass is 10.2. The number of β-amino-alcohol motifs (C(OH)–C–C–N with tert-alkyl or cyclic N) is 1. The van der Waals surface area contributed by atoms with E-state index in [2.05, 4.69) is 15.3 Å². The fourth-order valence-electron chi connectivity index (χ4n) is 2.52. The number of fused-ring (bicyclic) bond motifs is 1. The van der Waals surface area contributed by atoms with Gasteiger partial charge in [0.15, 0.2) is 5.82 Å². The molecule has 2 aliphatic rings. The van der Waals surface area contributed by atoms with Crippen LogP contribution in [0.15, 0.2) is 11.3 Å². The second-order valence-corrected chi connectivity index (χ2v) is 5.84. The summed E-state index contributed by atoms with van der Waals surface area (Å²) in [7, 11) is 0. The van der Waals surface area contributed by atoms with Crippen molar-refractivity contribution in [3.05, 3.63) is 12.0 Å². The van der Waals surface area contributed by atoms with Crippen molar-refractivity contribution >= 4 is 23.9 Å². The summed E-state index contributed by atoms with van der Waals surface area (Å²) in [4.78, 5) is 8.51. The van der Waals surface area contributed by atoms with E-state index in [1.165, 1.54) is 0 Å². The molecule has 20 heavy (non-hydrogen) atoms. The van der Waals surface area contributed by atoms with Crippen molar-refractivity contribution in [1.29, 1.82) is 0 Å². The number of aliphatic hydroxyl groups excluding tert-OH is 2. The SMILES string of the molecule is CSC[C@H]1O[C@@H](n2cnc3c2N=CNCC3O)C[C@H]1O. The lowest BCUT2D eigenvalue weighted by Crippen LogP contribution is -2.23. The molecule has 0 amide bonds. The molecule has 3 heterocycles. The van der Waals surface area contributed by atoms with Gasteiger partial charge in [0, 0.05) is 18.7 Å². The van der Waals surface area contributed by atoms with Gasteiger partial charge in [-0.15, -0.1) is 0 Å². The van der Waals surface area contributed by atoms with Gasteiger partial charge >= 0.3 is 0 Å². The highest BCUT2D eigenvalue weighted by Gasteiger charge is 2.36. The van der Waals surface area contributed by atoms with Gasteiger partial charge in [-0.05, 0) is 6.26 Å². The summed E-state index contributed by atoms with van der Waals surface area (Å²) in [5.41, 5.74) is 0.539. The van der Waals surface area contributed by atoms with Gasteiger partial charge in [-0.3, -0.25) is 4.57 Å². The molecule has 0 aromatic carbocycles. The molecule has 1 fully saturated rings. The smallest absolute Gasteiger partial charge is 0.162 e. The Kier molecular flexibility index (Phi) is 3.97. The highest BCUT2D eigenvalue weighted by atomic mass is 32.2. The van der Waals surface area contributed by atoms with Gasteiger partial charge < -0.3 is 20.3 Å². The van der Waals surface area contributed by atoms with Crippen LogP contribution in [0.5, 0.6) is 0 Å². The van der Waals surface area contributed by atoms with Gasteiger partial charge in [0.2, 0.25) is 0 Å². The standard InChI is InChI=1S/C12H18N4O3S/c1-20-4-9-7(17)2-10(19-9)16-6-15-11-8(18)3-13-5-14-12(11)16/h5-10,17-18H,2-4H2,1H3,(H,13,14)/t7-,8?,9-,10-/m1/s1. The van der Waals surface area contributed by atoms with Gasteiger partial charge in [0.1, 0.15) is 18.0 Å². The maximum atomic E-state index is 10.0. The number of hydrogen-bond donors (Lipinski definition) is 3. The third kappa shape index (κ3) is 2.44. The molecule has 0 spiro atoms. The van der Waals surface area contributed by atoms with E-state index >= 15 is 0 Å². The van der Waals surface area contributed by atoms with Crippen molar-refractivity contribution in [2.75, 3.05) is 18.6 Å². The number of nitrogens with one attached hydrogen (secondary N) is 1. The lowest BCUT2D eigenvalue weighted by Gasteiger charge is -2.15. The molecule has 3 N–H and O–H groups in total. The first-order chi connectivity index (χ1) is 9.70. The molecule has 2 aliphatic heterocycles. The van der Waals surface area contributed by atoms with Gasteiger partial charge in [0.05, 0.1) is 24.9 Å². The zero-order valence-electron chi connectivity index (χ0n) is 11.1. The van der Waals surface area contributed by atoms with Crippen molar-refractivity contribution in [2.45, 2.75) is 31.0 Å². The average molecular weight is 298 g/mol. The first-order valence-electron chi connectivity index (χ1n) is 6.54. The van der Waals surface area contributed by atoms with Gasteiger partial charge in [-0.2, -0.15) is 11.8 Å². The Balaban J connectivity index is 1.85. The molecule has 0 aliphatic carbocycles. The number of aliphatic hydroxyl groups is 2. The van der Waals surface area contributed by atoms with Crippen LogP contribution >= 0.6 is 11.8 Å². The molecule has 1 aromatic heterocycles. The Labute approximate surface area is 121 Å². The monoisotopic (exact) mass is 298 g/mol. The highest BCUT2D eigenvalue weighted by Crippen LogP contribution is 2.36. The van der Waals surface area contributed by atoms with Crippen molar-refractivity contribution in [1.82, 2.24) is 14.9 Å². The predicted molar refractivity (Wildman–Crippen MR) is 76.3 cm³/mol. The topological polar surface area (TPSA) is 91.9 Å². The van der Waals surface area contributed by atoms with Gasteiger partial charge in [0.25, 0.3) is 0 Å². The second kappa shape index (κ2) is 5.72. The van der Waals surface area contributed by atoms with Crippen LogP contribution in [0.1, 0.15) is 24.4 Å². The van der Waals surface area contributed by atoms with Gasteiger partial charge in [-0.1, -0.05) is 0 Å². The molecule has 3 rings (SSSR count). The fraction of sp³-hybridized carbons (Fsp3) is 0.667. The molecule has 1 saturated heterocycles. The molecule has 8 heteroatoms. The van der Waals surface area contributed by atoms with Crippen LogP contribution < -0.4 is 5.32 Å². The minimum absolute atomic E-state index is 0.175. The van der Waals surface area contributed by atoms with E-state index in [1.54, 1.807) is 29.0 Å². The Morgan fingerprint density at radius 3 is 3.20 bits per heavy atom. The van der Waals surface area contributed by atoms with Crippen LogP contribution in [0.3, 0.4) is 0 Å². The number of aromatic nitrogens is 2. The minimum atomic E-state index is -0.693. The molecule has 0 saturated carbocycles. The summed E-state index contributed by atoms with van der Waals surface area (Å²) in [5, 5.41) is 22.9. The Hall–Kier alpha value is -1.09. The summed E-state index contributed by atoms with van der Waals surface area (Å²) in [6.45, 7) is 0.386. The number of nitrogens with zero attached hydrogens (tertiary/aromatic N) is 3. The number of aliphatic imine (C=N–C) groups is 1. The molecule has 110 valence electrons. The van der Waals surface area contributed by atoms with E-state index in [-0.39, 0.29) is 12.3 Å². The normalized spacial score (nSPS) is 32.8. The highest BCUT2D eigenvalue weighted by molar-refractivity contribution is 7.98. The van der Waals surface area contributed by atoms with Gasteiger partial charge in [-0.25, -0.2) is 9.98 Å². The second-order valence-electron chi connectivity index (χ2n) is 4.93. The minimum Gasteiger partial charge on any atom is -0.390 e. The van der Waals surface area contributed by atoms with E-state index in [9.17, 15) is 10.2 Å². The van der Waals surface area contributed by atoms with Crippen molar-refractivity contribution in [2.24, 2.45) is 4.99 Å². The first kappa shape index (κ1) is 13.9. The van der Waals surface area contributed by atoms with Crippen LogP contribution in [0, 0.1) is 0 Å². The van der Waals surface area contributed by atoms with E-state index in [4.69, 9.17) is 4.74 Å². The molecule has 1 unspecified atom stereocenters. The number of rotatable bonds is 3. The molecular formula is C12H18N4O3S. The number of thioether (sulfide) groups is 1. The number of hydrogen-bond acceptors (Lipinski definition) is 7. The predicted octanol–water partition coefficient (Wildman–Crippen LogP) is 0.191. The molecule has 0 bridgehead atoms. The van der Waals surface area contributed by atoms with Crippen molar-refractivity contribution in [3.8, 4) is 0 Å². The summed E-state index contributed by atoms with van der Waals surface area (Å²) >= 11 is 1.64. The Morgan fingerprint density at radius 1 is 1.55 bits per heavy atom. The van der Waals surface area contributed by atoms with E-state index in [0.717, 1.165) is 5.75 Å². The molecule has 7 nitrogen and oxygen atoms in total. The quantitative estimate of drug-likeness (QED) is 0.738. The van der Waals surface area contributed by atoms with Crippen molar-refractivity contribution in [3.63, 3.8) is 0 Å². The summed E-state index contributed by atoms with van der Waals surface area (Å²) in [6, 6.07) is 0. The molecule has 1 aromatic rings. The molecule has 0 radical (unpaired) electrons. The summed E-state index contributed by atoms with van der Waals surface area (Å²) in [5.74, 6) is 1.34. The Bertz CT molecular complexity index is 507. The third-order valence-corrected chi connectivity index (χ3v) is 4.21. The maximum Gasteiger partial charge on any atom is 0.162 e. The molecular weight excluding hydrogens is 280 g/mol. The number of imidazole rings is 1. The van der Waals surface area contributed by atoms with Crippen LogP contribution in [0.25, 0.3) is 0 Å². The van der Waals surface area contributed by atoms with E-state index in [0.29, 0.717) is 24.5 Å².